The molecule has 1 amide bonds. The Morgan fingerprint density at radius 3 is 2.33 bits per heavy atom. The van der Waals surface area contributed by atoms with Crippen LogP contribution in [0.5, 0.6) is 0 Å². The van der Waals surface area contributed by atoms with Crippen LogP contribution < -0.4 is 5.73 Å². The van der Waals surface area contributed by atoms with Gasteiger partial charge >= 0.3 is 0 Å². The maximum Gasteiger partial charge on any atom is 0.238 e. The molecule has 2 heterocycles. The lowest BCUT2D eigenvalue weighted by Crippen LogP contribution is -2.51. The average Bonchev–Trinajstić information content (AvgIpc) is 2.77. The first-order valence-corrected chi connectivity index (χ1v) is 8.00. The van der Waals surface area contributed by atoms with E-state index in [0.29, 0.717) is 10.9 Å². The van der Waals surface area contributed by atoms with Gasteiger partial charge in [0.1, 0.15) is 0 Å². The van der Waals surface area contributed by atoms with E-state index >= 15 is 0 Å². The molecule has 2 saturated heterocycles. The Hall–Kier alpha value is -0.290. The number of nitrogens with zero attached hydrogens (tertiary/aromatic N) is 1. The number of rotatable bonds is 2. The molecular weight excluding hydrogens is 264 g/mol. The van der Waals surface area contributed by atoms with Crippen molar-refractivity contribution >= 4 is 34.9 Å². The molecule has 1 unspecified atom stereocenters. The molecule has 0 spiro atoms. The summed E-state index contributed by atoms with van der Waals surface area (Å²) in [5.74, 6) is 1.43. The highest BCUT2D eigenvalue weighted by Gasteiger charge is 2.42. The summed E-state index contributed by atoms with van der Waals surface area (Å²) in [4.78, 5) is 15.1. The monoisotopic (exact) mass is 286 g/mol. The molecule has 1 atom stereocenters. The predicted molar refractivity (Wildman–Crippen MR) is 80.8 cm³/mol. The number of hydrogen-bond donors (Lipinski definition) is 1. The number of likely N-dealkylation sites (tertiary alicyclic amines) is 1. The van der Waals surface area contributed by atoms with Crippen molar-refractivity contribution in [2.24, 2.45) is 11.1 Å². The summed E-state index contributed by atoms with van der Waals surface area (Å²) in [6.45, 7) is 5.79. The molecule has 0 bridgehead atoms. The molecule has 2 aliphatic heterocycles. The smallest absolute Gasteiger partial charge is 0.238 e. The SMILES string of the molecule is CC1(C(N)=S)CCN(C(=O)C2(C)CCCS2)CC1. The van der Waals surface area contributed by atoms with E-state index in [-0.39, 0.29) is 10.2 Å². The number of hydrogen-bond acceptors (Lipinski definition) is 3. The molecule has 102 valence electrons. The maximum atomic E-state index is 12.5. The van der Waals surface area contributed by atoms with Crippen LogP contribution in [0.15, 0.2) is 0 Å². The van der Waals surface area contributed by atoms with E-state index in [2.05, 4.69) is 13.8 Å². The van der Waals surface area contributed by atoms with Gasteiger partial charge in [0.2, 0.25) is 5.91 Å². The average molecular weight is 286 g/mol. The summed E-state index contributed by atoms with van der Waals surface area (Å²) in [5.41, 5.74) is 5.74. The van der Waals surface area contributed by atoms with Crippen LogP contribution in [0.1, 0.15) is 39.5 Å². The number of carbonyl (C=O) groups excluding carboxylic acids is 1. The standard InChI is InChI=1S/C13H22N2OS2/c1-12(10(14)17)5-7-15(8-6-12)11(16)13(2)4-3-9-18-13/h3-9H2,1-2H3,(H2,14,17). The molecule has 2 aliphatic rings. The first-order valence-electron chi connectivity index (χ1n) is 6.61. The number of amides is 1. The van der Waals surface area contributed by atoms with Gasteiger partial charge in [0.15, 0.2) is 0 Å². The van der Waals surface area contributed by atoms with Crippen LogP contribution in [0.3, 0.4) is 0 Å². The van der Waals surface area contributed by atoms with Crippen molar-refractivity contribution in [2.45, 2.75) is 44.3 Å². The molecule has 0 radical (unpaired) electrons. The number of piperidine rings is 1. The summed E-state index contributed by atoms with van der Waals surface area (Å²) < 4.78 is -0.184. The minimum Gasteiger partial charge on any atom is -0.393 e. The number of thiocarbonyl (C=S) groups is 1. The fourth-order valence-corrected chi connectivity index (χ4v) is 4.22. The molecular formula is C13H22N2OS2. The predicted octanol–water partition coefficient (Wildman–Crippen LogP) is 2.19. The van der Waals surface area contributed by atoms with E-state index in [1.165, 1.54) is 0 Å². The van der Waals surface area contributed by atoms with E-state index in [1.807, 2.05) is 16.7 Å². The minimum atomic E-state index is -0.184. The number of nitrogens with two attached hydrogens (primary N) is 1. The Kier molecular flexibility index (Phi) is 3.93. The first-order chi connectivity index (χ1) is 8.37. The Morgan fingerprint density at radius 1 is 1.28 bits per heavy atom. The quantitative estimate of drug-likeness (QED) is 0.791. The second-order valence-electron chi connectivity index (χ2n) is 5.90. The molecule has 2 rings (SSSR count). The van der Waals surface area contributed by atoms with E-state index in [9.17, 15) is 4.79 Å². The van der Waals surface area contributed by atoms with E-state index in [1.54, 1.807) is 0 Å². The highest BCUT2D eigenvalue weighted by atomic mass is 32.2. The normalized spacial score (nSPS) is 31.3. The van der Waals surface area contributed by atoms with Crippen LogP contribution in [-0.2, 0) is 4.79 Å². The van der Waals surface area contributed by atoms with E-state index in [0.717, 1.165) is 44.5 Å². The highest BCUT2D eigenvalue weighted by molar-refractivity contribution is 8.01. The Balaban J connectivity index is 1.98. The molecule has 18 heavy (non-hydrogen) atoms. The van der Waals surface area contributed by atoms with Crippen LogP contribution in [0.2, 0.25) is 0 Å². The second kappa shape index (κ2) is 5.00. The Morgan fingerprint density at radius 2 is 1.89 bits per heavy atom. The zero-order chi connectivity index (χ0) is 13.4. The van der Waals surface area contributed by atoms with Gasteiger partial charge in [-0.25, -0.2) is 0 Å². The molecule has 0 aromatic rings. The first kappa shape index (κ1) is 14.1. The number of thioether (sulfide) groups is 1. The van der Waals surface area contributed by atoms with Crippen molar-refractivity contribution in [2.75, 3.05) is 18.8 Å². The van der Waals surface area contributed by atoms with Gasteiger partial charge in [-0.15, -0.1) is 11.8 Å². The summed E-state index contributed by atoms with van der Waals surface area (Å²) in [6, 6.07) is 0. The molecule has 0 saturated carbocycles. The zero-order valence-electron chi connectivity index (χ0n) is 11.2. The Bertz CT molecular complexity index is 356. The molecule has 5 heteroatoms. The molecule has 3 nitrogen and oxygen atoms in total. The number of carbonyl (C=O) groups is 1. The second-order valence-corrected chi connectivity index (χ2v) is 7.94. The lowest BCUT2D eigenvalue weighted by atomic mass is 9.80. The topological polar surface area (TPSA) is 46.3 Å². The van der Waals surface area contributed by atoms with Gasteiger partial charge in [0, 0.05) is 18.5 Å². The fraction of sp³-hybridized carbons (Fsp3) is 0.846. The van der Waals surface area contributed by atoms with Crippen molar-refractivity contribution in [1.82, 2.24) is 4.90 Å². The van der Waals surface area contributed by atoms with Gasteiger partial charge in [-0.3, -0.25) is 4.79 Å². The van der Waals surface area contributed by atoms with Crippen LogP contribution in [-0.4, -0.2) is 39.4 Å². The van der Waals surface area contributed by atoms with Crippen LogP contribution in [0, 0.1) is 5.41 Å². The van der Waals surface area contributed by atoms with Crippen LogP contribution in [0.4, 0.5) is 0 Å². The van der Waals surface area contributed by atoms with Gasteiger partial charge < -0.3 is 10.6 Å². The lowest BCUT2D eigenvalue weighted by Gasteiger charge is -2.41. The molecule has 0 aromatic heterocycles. The van der Waals surface area contributed by atoms with Crippen molar-refractivity contribution in [3.05, 3.63) is 0 Å². The van der Waals surface area contributed by atoms with Gasteiger partial charge in [0.05, 0.1) is 9.74 Å². The van der Waals surface area contributed by atoms with Crippen molar-refractivity contribution < 1.29 is 4.79 Å². The van der Waals surface area contributed by atoms with Gasteiger partial charge in [-0.05, 0) is 38.4 Å². The summed E-state index contributed by atoms with van der Waals surface area (Å²) in [6.07, 6.45) is 3.97. The van der Waals surface area contributed by atoms with Gasteiger partial charge in [-0.1, -0.05) is 19.1 Å². The van der Waals surface area contributed by atoms with Crippen LogP contribution in [0.25, 0.3) is 0 Å². The van der Waals surface area contributed by atoms with E-state index in [4.69, 9.17) is 18.0 Å². The third-order valence-corrected chi connectivity index (χ3v) is 6.42. The largest absolute Gasteiger partial charge is 0.393 e. The van der Waals surface area contributed by atoms with Gasteiger partial charge in [-0.2, -0.15) is 0 Å². The van der Waals surface area contributed by atoms with Crippen molar-refractivity contribution in [3.63, 3.8) is 0 Å². The lowest BCUT2D eigenvalue weighted by molar-refractivity contribution is -0.135. The molecule has 2 N–H and O–H groups in total. The van der Waals surface area contributed by atoms with Crippen LogP contribution >= 0.6 is 24.0 Å². The van der Waals surface area contributed by atoms with Gasteiger partial charge in [0.25, 0.3) is 0 Å². The summed E-state index contributed by atoms with van der Waals surface area (Å²) in [7, 11) is 0. The molecule has 0 aliphatic carbocycles. The van der Waals surface area contributed by atoms with E-state index < -0.39 is 0 Å². The van der Waals surface area contributed by atoms with Crippen molar-refractivity contribution in [1.29, 1.82) is 0 Å². The summed E-state index contributed by atoms with van der Waals surface area (Å²) >= 11 is 6.94. The molecule has 2 fully saturated rings. The minimum absolute atomic E-state index is 0.0597. The maximum absolute atomic E-state index is 12.5. The fourth-order valence-electron chi connectivity index (χ4n) is 2.73. The van der Waals surface area contributed by atoms with Crippen molar-refractivity contribution in [3.8, 4) is 0 Å². The third kappa shape index (κ3) is 2.52. The third-order valence-electron chi connectivity index (χ3n) is 4.42. The zero-order valence-corrected chi connectivity index (χ0v) is 12.8. The summed E-state index contributed by atoms with van der Waals surface area (Å²) in [5, 5.41) is 0. The molecule has 0 aromatic carbocycles. The highest BCUT2D eigenvalue weighted by Crippen LogP contribution is 2.40. The Labute approximate surface area is 119 Å².